The predicted octanol–water partition coefficient (Wildman–Crippen LogP) is -0.0787. The second kappa shape index (κ2) is 3.81. The molecule has 1 aliphatic rings. The molecule has 14 heavy (non-hydrogen) atoms. The maximum Gasteiger partial charge on any atom is 0.320 e. The number of carboxylic acid groups (broad SMARTS) is 1. The van der Waals surface area contributed by atoms with Gasteiger partial charge in [0.25, 0.3) is 0 Å². The molecule has 1 aliphatic carbocycles. The zero-order valence-electron chi connectivity index (χ0n) is 7.55. The fourth-order valence-electron chi connectivity index (χ4n) is 1.28. The average molecular weight is 199 g/mol. The minimum atomic E-state index is -1.26. The standard InChI is InChI=1S/C9H13NO4/c10-7(8(12)13)5-9(14)3-1-6(11)2-4-9/h1-3,7,11,14H,4-5,10H2,(H,12,13)/t7?,9-/m1/s1. The van der Waals surface area contributed by atoms with Gasteiger partial charge < -0.3 is 21.1 Å². The lowest BCUT2D eigenvalue weighted by molar-refractivity contribution is -0.139. The van der Waals surface area contributed by atoms with Crippen LogP contribution in [0, 0.1) is 0 Å². The number of hydrogen-bond donors (Lipinski definition) is 4. The number of aliphatic hydroxyl groups is 2. The van der Waals surface area contributed by atoms with Crippen LogP contribution in [0.3, 0.4) is 0 Å². The molecule has 1 unspecified atom stereocenters. The molecular formula is C9H13NO4. The predicted molar refractivity (Wildman–Crippen MR) is 49.6 cm³/mol. The molecule has 0 radical (unpaired) electrons. The van der Waals surface area contributed by atoms with Gasteiger partial charge in [-0.15, -0.1) is 0 Å². The highest BCUT2D eigenvalue weighted by molar-refractivity contribution is 5.73. The van der Waals surface area contributed by atoms with Crippen LogP contribution in [0.25, 0.3) is 0 Å². The molecule has 1 rings (SSSR count). The number of rotatable bonds is 3. The Balaban J connectivity index is 2.61. The molecule has 0 saturated heterocycles. The zero-order chi connectivity index (χ0) is 10.8. The van der Waals surface area contributed by atoms with Gasteiger partial charge in [-0.25, -0.2) is 0 Å². The third kappa shape index (κ3) is 2.58. The van der Waals surface area contributed by atoms with Crippen LogP contribution < -0.4 is 5.73 Å². The third-order valence-corrected chi connectivity index (χ3v) is 2.12. The number of carboxylic acids is 1. The highest BCUT2D eigenvalue weighted by atomic mass is 16.4. The maximum atomic E-state index is 10.5. The van der Waals surface area contributed by atoms with Crippen LogP contribution in [-0.2, 0) is 4.79 Å². The molecular weight excluding hydrogens is 186 g/mol. The van der Waals surface area contributed by atoms with Gasteiger partial charge in [-0.2, -0.15) is 0 Å². The molecule has 5 heteroatoms. The summed E-state index contributed by atoms with van der Waals surface area (Å²) in [6.45, 7) is 0. The van der Waals surface area contributed by atoms with Crippen molar-refractivity contribution in [2.45, 2.75) is 24.5 Å². The Hall–Kier alpha value is -1.33. The SMILES string of the molecule is NC(C[C@@]1(O)C=CC(O)=CC1)C(=O)O. The summed E-state index contributed by atoms with van der Waals surface area (Å²) in [6.07, 6.45) is 4.23. The zero-order valence-corrected chi connectivity index (χ0v) is 7.55. The van der Waals surface area contributed by atoms with Crippen LogP contribution in [0.5, 0.6) is 0 Å². The number of hydrogen-bond acceptors (Lipinski definition) is 4. The molecule has 0 aromatic heterocycles. The van der Waals surface area contributed by atoms with Crippen LogP contribution in [-0.4, -0.2) is 32.9 Å². The first-order valence-electron chi connectivity index (χ1n) is 4.22. The largest absolute Gasteiger partial charge is 0.508 e. The van der Waals surface area contributed by atoms with E-state index in [4.69, 9.17) is 15.9 Å². The van der Waals surface area contributed by atoms with E-state index in [1.165, 1.54) is 18.2 Å². The monoisotopic (exact) mass is 199 g/mol. The van der Waals surface area contributed by atoms with Gasteiger partial charge in [-0.3, -0.25) is 4.79 Å². The summed E-state index contributed by atoms with van der Waals surface area (Å²) >= 11 is 0. The topological polar surface area (TPSA) is 104 Å². The minimum Gasteiger partial charge on any atom is -0.508 e. The Morgan fingerprint density at radius 2 is 2.36 bits per heavy atom. The van der Waals surface area contributed by atoms with Gasteiger partial charge in [-0.05, 0) is 18.2 Å². The number of allylic oxidation sites excluding steroid dienone is 1. The van der Waals surface area contributed by atoms with Crippen molar-refractivity contribution in [1.82, 2.24) is 0 Å². The third-order valence-electron chi connectivity index (χ3n) is 2.12. The van der Waals surface area contributed by atoms with Gasteiger partial charge in [0.1, 0.15) is 11.8 Å². The smallest absolute Gasteiger partial charge is 0.320 e. The Kier molecular flexibility index (Phi) is 2.93. The van der Waals surface area contributed by atoms with E-state index < -0.39 is 17.6 Å². The van der Waals surface area contributed by atoms with E-state index in [9.17, 15) is 9.90 Å². The number of aliphatic hydroxyl groups excluding tert-OH is 1. The van der Waals surface area contributed by atoms with E-state index in [-0.39, 0.29) is 18.6 Å². The lowest BCUT2D eigenvalue weighted by atomic mass is 9.88. The molecule has 0 amide bonds. The molecule has 5 N–H and O–H groups in total. The summed E-state index contributed by atoms with van der Waals surface area (Å²) in [7, 11) is 0. The number of carbonyl (C=O) groups is 1. The second-order valence-electron chi connectivity index (χ2n) is 3.42. The first-order valence-corrected chi connectivity index (χ1v) is 4.22. The van der Waals surface area contributed by atoms with Gasteiger partial charge >= 0.3 is 5.97 Å². The highest BCUT2D eigenvalue weighted by Crippen LogP contribution is 2.24. The first kappa shape index (κ1) is 10.7. The van der Waals surface area contributed by atoms with Crippen LogP contribution in [0.4, 0.5) is 0 Å². The molecule has 0 saturated carbocycles. The fraction of sp³-hybridized carbons (Fsp3) is 0.444. The second-order valence-corrected chi connectivity index (χ2v) is 3.42. The van der Waals surface area contributed by atoms with Crippen LogP contribution in [0.2, 0.25) is 0 Å². The van der Waals surface area contributed by atoms with Crippen molar-refractivity contribution in [1.29, 1.82) is 0 Å². The Morgan fingerprint density at radius 3 is 2.79 bits per heavy atom. The minimum absolute atomic E-state index is 0.0669. The molecule has 0 spiro atoms. The van der Waals surface area contributed by atoms with E-state index >= 15 is 0 Å². The average Bonchev–Trinajstić information content (AvgIpc) is 2.10. The van der Waals surface area contributed by atoms with E-state index in [2.05, 4.69) is 0 Å². The van der Waals surface area contributed by atoms with Gasteiger partial charge in [0, 0.05) is 12.8 Å². The summed E-state index contributed by atoms with van der Waals surface area (Å²) in [4.78, 5) is 10.5. The van der Waals surface area contributed by atoms with E-state index in [0.717, 1.165) is 0 Å². The summed E-state index contributed by atoms with van der Waals surface area (Å²) in [6, 6.07) is -1.10. The van der Waals surface area contributed by atoms with Gasteiger partial charge in [0.15, 0.2) is 0 Å². The molecule has 0 heterocycles. The van der Waals surface area contributed by atoms with Crippen molar-refractivity contribution in [3.8, 4) is 0 Å². The Labute approximate surface area is 81.2 Å². The quantitative estimate of drug-likeness (QED) is 0.509. The Bertz CT molecular complexity index is 297. The first-order chi connectivity index (χ1) is 6.43. The summed E-state index contributed by atoms with van der Waals surface area (Å²) < 4.78 is 0. The molecule has 0 fully saturated rings. The summed E-state index contributed by atoms with van der Waals surface area (Å²) in [5.74, 6) is -1.08. The van der Waals surface area contributed by atoms with Crippen molar-refractivity contribution < 1.29 is 20.1 Å². The van der Waals surface area contributed by atoms with Crippen LogP contribution >= 0.6 is 0 Å². The molecule has 0 aromatic rings. The van der Waals surface area contributed by atoms with Crippen molar-refractivity contribution in [2.75, 3.05) is 0 Å². The van der Waals surface area contributed by atoms with E-state index in [1.807, 2.05) is 0 Å². The van der Waals surface area contributed by atoms with Gasteiger partial charge in [-0.1, -0.05) is 0 Å². The molecule has 78 valence electrons. The van der Waals surface area contributed by atoms with Crippen molar-refractivity contribution >= 4 is 5.97 Å². The molecule has 0 aromatic carbocycles. The van der Waals surface area contributed by atoms with Crippen molar-refractivity contribution in [3.63, 3.8) is 0 Å². The van der Waals surface area contributed by atoms with Crippen molar-refractivity contribution in [2.24, 2.45) is 5.73 Å². The van der Waals surface area contributed by atoms with Crippen LogP contribution in [0.15, 0.2) is 24.0 Å². The molecule has 5 nitrogen and oxygen atoms in total. The normalized spacial score (nSPS) is 28.3. The molecule has 0 bridgehead atoms. The highest BCUT2D eigenvalue weighted by Gasteiger charge is 2.30. The maximum absolute atomic E-state index is 10.5. The van der Waals surface area contributed by atoms with Crippen molar-refractivity contribution in [3.05, 3.63) is 24.0 Å². The lowest BCUT2D eigenvalue weighted by Crippen LogP contribution is -2.40. The summed E-state index contributed by atoms with van der Waals surface area (Å²) in [5.41, 5.74) is 4.03. The van der Waals surface area contributed by atoms with Crippen LogP contribution in [0.1, 0.15) is 12.8 Å². The van der Waals surface area contributed by atoms with E-state index in [1.54, 1.807) is 0 Å². The number of aliphatic carboxylic acids is 1. The molecule has 0 aliphatic heterocycles. The van der Waals surface area contributed by atoms with Gasteiger partial charge in [0.2, 0.25) is 0 Å². The molecule has 2 atom stereocenters. The summed E-state index contributed by atoms with van der Waals surface area (Å²) in [5, 5.41) is 27.4. The lowest BCUT2D eigenvalue weighted by Gasteiger charge is -2.27. The fourth-order valence-corrected chi connectivity index (χ4v) is 1.28. The van der Waals surface area contributed by atoms with Gasteiger partial charge in [0.05, 0.1) is 5.60 Å². The van der Waals surface area contributed by atoms with E-state index in [0.29, 0.717) is 0 Å². The number of nitrogens with two attached hydrogens (primary N) is 1. The Morgan fingerprint density at radius 1 is 1.71 bits per heavy atom.